The van der Waals surface area contributed by atoms with Gasteiger partial charge in [-0.3, -0.25) is 13.7 Å². The predicted molar refractivity (Wildman–Crippen MR) is 124 cm³/mol. The van der Waals surface area contributed by atoms with Gasteiger partial charge in [-0.05, 0) is 83.1 Å². The smallest absolute Gasteiger partial charge is 0.308 e. The van der Waals surface area contributed by atoms with Crippen LogP contribution in [0.25, 0.3) is 0 Å². The van der Waals surface area contributed by atoms with E-state index in [1.165, 1.54) is 0 Å². The van der Waals surface area contributed by atoms with Crippen LogP contribution in [-0.4, -0.2) is 36.6 Å². The number of hydrogen-bond donors (Lipinski definition) is 0. The van der Waals surface area contributed by atoms with Crippen LogP contribution in [0.4, 0.5) is 0 Å². The van der Waals surface area contributed by atoms with Crippen molar-refractivity contribution in [3.8, 4) is 0 Å². The third-order valence-corrected chi connectivity index (χ3v) is 5.97. The van der Waals surface area contributed by atoms with Gasteiger partial charge in [0.15, 0.2) is 0 Å². The molecule has 0 saturated heterocycles. The maximum atomic E-state index is 10.8. The molecule has 0 heterocycles. The van der Waals surface area contributed by atoms with Gasteiger partial charge in [0.25, 0.3) is 0 Å². The molecule has 195 valence electrons. The van der Waals surface area contributed by atoms with Gasteiger partial charge in [0.1, 0.15) is 0 Å². The Kier molecular flexibility index (Phi) is 30.5. The Bertz CT molecular complexity index is 372. The van der Waals surface area contributed by atoms with E-state index in [1.54, 1.807) is 0 Å². The van der Waals surface area contributed by atoms with E-state index in [2.05, 4.69) is 0 Å². The quantitative estimate of drug-likeness (QED) is 0.243. The SMILES string of the molecule is CC(C)O[PH](=O)OC(C)C.CC(C)O[PH](=O)OC(C)C.CC(C)O[PH](=O)OC(C)C.[Co]. The third kappa shape index (κ3) is 41.7. The summed E-state index contributed by atoms with van der Waals surface area (Å²) in [6.45, 7) is 21.9. The summed E-state index contributed by atoms with van der Waals surface area (Å²) in [7, 11) is -6.72. The van der Waals surface area contributed by atoms with Crippen molar-refractivity contribution in [1.82, 2.24) is 0 Å². The molecular formula is C18H45CoO9P3. The van der Waals surface area contributed by atoms with Crippen molar-refractivity contribution in [1.29, 1.82) is 0 Å². The molecule has 0 spiro atoms. The molecule has 0 aliphatic rings. The molecule has 0 amide bonds. The molecule has 13 heteroatoms. The normalized spacial score (nSPS) is 11.5. The summed E-state index contributed by atoms with van der Waals surface area (Å²) < 4.78 is 61.7. The van der Waals surface area contributed by atoms with Crippen molar-refractivity contribution in [3.05, 3.63) is 0 Å². The first kappa shape index (κ1) is 39.2. The fourth-order valence-electron chi connectivity index (χ4n) is 1.24. The van der Waals surface area contributed by atoms with E-state index in [-0.39, 0.29) is 53.4 Å². The topological polar surface area (TPSA) is 107 Å². The van der Waals surface area contributed by atoms with Crippen LogP contribution in [0, 0.1) is 0 Å². The average Bonchev–Trinajstić information content (AvgIpc) is 2.42. The Balaban J connectivity index is -0.000000174. The summed E-state index contributed by atoms with van der Waals surface area (Å²) in [6, 6.07) is 0. The van der Waals surface area contributed by atoms with E-state index in [1.807, 2.05) is 83.1 Å². The Morgan fingerprint density at radius 3 is 0.516 bits per heavy atom. The molecule has 31 heavy (non-hydrogen) atoms. The summed E-state index contributed by atoms with van der Waals surface area (Å²) in [6.07, 6.45) is -0.138. The molecule has 0 N–H and O–H groups in total. The van der Waals surface area contributed by atoms with E-state index < -0.39 is 24.8 Å². The largest absolute Gasteiger partial charge is 0.319 e. The summed E-state index contributed by atoms with van der Waals surface area (Å²) in [5, 5.41) is 0. The zero-order valence-corrected chi connectivity index (χ0v) is 25.0. The van der Waals surface area contributed by atoms with Gasteiger partial charge in [0.2, 0.25) is 0 Å². The first-order valence-electron chi connectivity index (χ1n) is 10.2. The summed E-state index contributed by atoms with van der Waals surface area (Å²) >= 11 is 0. The minimum Gasteiger partial charge on any atom is -0.308 e. The fourth-order valence-corrected chi connectivity index (χ4v) is 3.71. The number of hydrogen-bond acceptors (Lipinski definition) is 9. The van der Waals surface area contributed by atoms with Gasteiger partial charge in [0, 0.05) is 16.8 Å². The van der Waals surface area contributed by atoms with Gasteiger partial charge in [-0.15, -0.1) is 0 Å². The standard InChI is InChI=1S/3C6H15O3P.Co/c3*1-5(2)8-10(7)9-6(3)4;/h3*5-6,10H,1-4H3;. The van der Waals surface area contributed by atoms with Gasteiger partial charge in [0.05, 0.1) is 36.6 Å². The first-order valence-corrected chi connectivity index (χ1v) is 13.9. The van der Waals surface area contributed by atoms with Gasteiger partial charge >= 0.3 is 24.8 Å². The Labute approximate surface area is 202 Å². The zero-order chi connectivity index (χ0) is 24.4. The molecule has 0 saturated carbocycles. The van der Waals surface area contributed by atoms with Gasteiger partial charge < -0.3 is 27.1 Å². The van der Waals surface area contributed by atoms with Gasteiger partial charge in [-0.2, -0.15) is 0 Å². The van der Waals surface area contributed by atoms with Crippen LogP contribution in [0.3, 0.4) is 0 Å². The Morgan fingerprint density at radius 1 is 0.355 bits per heavy atom. The number of rotatable bonds is 12. The molecule has 0 aliphatic carbocycles. The summed E-state index contributed by atoms with van der Waals surface area (Å²) in [5.41, 5.74) is 0. The molecule has 9 nitrogen and oxygen atoms in total. The summed E-state index contributed by atoms with van der Waals surface area (Å²) in [4.78, 5) is 0. The maximum Gasteiger partial charge on any atom is 0.319 e. The fraction of sp³-hybridized carbons (Fsp3) is 1.00. The van der Waals surface area contributed by atoms with Crippen LogP contribution in [0.15, 0.2) is 0 Å². The maximum absolute atomic E-state index is 10.8. The van der Waals surface area contributed by atoms with Crippen LogP contribution >= 0.6 is 24.8 Å². The van der Waals surface area contributed by atoms with E-state index in [4.69, 9.17) is 27.1 Å². The molecular weight excluding hydrogens is 512 g/mol. The second kappa shape index (κ2) is 24.1. The molecule has 1 radical (unpaired) electrons. The average molecular weight is 557 g/mol. The molecule has 0 aromatic rings. The van der Waals surface area contributed by atoms with Crippen molar-refractivity contribution in [2.45, 2.75) is 120 Å². The predicted octanol–water partition coefficient (Wildman–Crippen LogP) is 6.68. The first-order chi connectivity index (χ1) is 13.6. The molecule has 0 bridgehead atoms. The van der Waals surface area contributed by atoms with Crippen molar-refractivity contribution < 1.29 is 57.6 Å². The van der Waals surface area contributed by atoms with E-state index in [0.29, 0.717) is 0 Å². The third-order valence-electron chi connectivity index (χ3n) is 1.99. The monoisotopic (exact) mass is 557 g/mol. The van der Waals surface area contributed by atoms with Crippen molar-refractivity contribution in [3.63, 3.8) is 0 Å². The van der Waals surface area contributed by atoms with Crippen LogP contribution < -0.4 is 0 Å². The second-order valence-corrected chi connectivity index (χ2v) is 10.7. The van der Waals surface area contributed by atoms with Gasteiger partial charge in [-0.25, -0.2) is 0 Å². The minimum atomic E-state index is -2.24. The zero-order valence-electron chi connectivity index (χ0n) is 21.0. The molecule has 0 fully saturated rings. The second-order valence-electron chi connectivity index (χ2n) is 7.75. The molecule has 0 rings (SSSR count). The molecule has 0 atom stereocenters. The van der Waals surface area contributed by atoms with Crippen LogP contribution in [0.1, 0.15) is 83.1 Å². The van der Waals surface area contributed by atoms with Crippen molar-refractivity contribution >= 4 is 24.8 Å². The minimum absolute atomic E-state index is 0. The molecule has 0 aromatic heterocycles. The molecule has 0 unspecified atom stereocenters. The summed E-state index contributed by atoms with van der Waals surface area (Å²) in [5.74, 6) is 0. The van der Waals surface area contributed by atoms with Crippen molar-refractivity contribution in [2.24, 2.45) is 0 Å². The molecule has 0 aliphatic heterocycles. The van der Waals surface area contributed by atoms with E-state index in [9.17, 15) is 13.7 Å². The molecule has 0 aromatic carbocycles. The van der Waals surface area contributed by atoms with Crippen LogP contribution in [-0.2, 0) is 57.6 Å². The van der Waals surface area contributed by atoms with Crippen LogP contribution in [0.2, 0.25) is 0 Å². The van der Waals surface area contributed by atoms with Crippen LogP contribution in [0.5, 0.6) is 0 Å². The van der Waals surface area contributed by atoms with Crippen molar-refractivity contribution in [2.75, 3.05) is 0 Å². The Hall–Kier alpha value is 0.956. The van der Waals surface area contributed by atoms with E-state index in [0.717, 1.165) is 0 Å². The van der Waals surface area contributed by atoms with Gasteiger partial charge in [-0.1, -0.05) is 0 Å². The Morgan fingerprint density at radius 2 is 0.452 bits per heavy atom. The van der Waals surface area contributed by atoms with E-state index >= 15 is 0 Å².